The monoisotopic (exact) mass is 261 g/mol. The van der Waals surface area contributed by atoms with E-state index in [9.17, 15) is 4.79 Å². The number of carbonyl (C=O) groups excluding carboxylic acids is 1. The second-order valence-corrected chi connectivity index (χ2v) is 4.69. The zero-order valence-corrected chi connectivity index (χ0v) is 11.5. The molecule has 0 fully saturated rings. The van der Waals surface area contributed by atoms with Gasteiger partial charge >= 0.3 is 5.97 Å². The Morgan fingerprint density at radius 2 is 1.82 bits per heavy atom. The molecule has 5 nitrogen and oxygen atoms in total. The fraction of sp³-hybridized carbons (Fsp3) is 0.818. The summed E-state index contributed by atoms with van der Waals surface area (Å²) in [6, 6.07) is -0.628. The first kappa shape index (κ1) is 16.1. The van der Waals surface area contributed by atoms with Crippen LogP contribution in [-0.2, 0) is 8.98 Å². The van der Waals surface area contributed by atoms with Crippen molar-refractivity contribution in [3.8, 4) is 0 Å². The maximum Gasteiger partial charge on any atom is 0.342 e. The highest BCUT2D eigenvalue weighted by Gasteiger charge is 2.18. The van der Waals surface area contributed by atoms with Gasteiger partial charge in [-0.15, -0.1) is 0 Å². The number of unbranched alkanes of at least 4 members (excludes halogenated alkanes) is 2. The molecule has 1 unspecified atom stereocenters. The highest BCUT2D eigenvalue weighted by Crippen LogP contribution is 2.13. The Morgan fingerprint density at radius 1 is 1.24 bits per heavy atom. The summed E-state index contributed by atoms with van der Waals surface area (Å²) in [7, 11) is 0. The van der Waals surface area contributed by atoms with Gasteiger partial charge in [-0.3, -0.25) is 0 Å². The lowest BCUT2D eigenvalue weighted by atomic mass is 10.0. The van der Waals surface area contributed by atoms with E-state index in [-0.39, 0.29) is 5.96 Å². The molecule has 17 heavy (non-hydrogen) atoms. The summed E-state index contributed by atoms with van der Waals surface area (Å²) in [5.41, 5.74) is 10.5. The first-order valence-corrected chi connectivity index (χ1v) is 6.27. The van der Waals surface area contributed by atoms with Crippen molar-refractivity contribution in [2.45, 2.75) is 52.0 Å². The third-order valence-corrected chi connectivity index (χ3v) is 2.61. The highest BCUT2D eigenvalue weighted by molar-refractivity contribution is 7.75. The Morgan fingerprint density at radius 3 is 2.29 bits per heavy atom. The zero-order valence-electron chi connectivity index (χ0n) is 10.6. The van der Waals surface area contributed by atoms with Crippen LogP contribution >= 0.6 is 12.9 Å². The lowest BCUT2D eigenvalue weighted by Crippen LogP contribution is -2.29. The van der Waals surface area contributed by atoms with Gasteiger partial charge in [-0.1, -0.05) is 39.5 Å². The van der Waals surface area contributed by atoms with Crippen molar-refractivity contribution < 1.29 is 8.98 Å². The Kier molecular flexibility index (Phi) is 8.66. The van der Waals surface area contributed by atoms with Crippen LogP contribution < -0.4 is 11.5 Å². The summed E-state index contributed by atoms with van der Waals surface area (Å²) in [4.78, 5) is 15.1. The van der Waals surface area contributed by atoms with E-state index in [1.165, 1.54) is 6.42 Å². The number of rotatable bonds is 8. The molecule has 4 N–H and O–H groups in total. The minimum Gasteiger partial charge on any atom is -0.393 e. The molecule has 0 aliphatic rings. The van der Waals surface area contributed by atoms with Crippen molar-refractivity contribution in [1.29, 1.82) is 0 Å². The number of hydrogen-bond acceptors (Lipinski definition) is 4. The molecule has 0 aromatic heterocycles. The van der Waals surface area contributed by atoms with Crippen molar-refractivity contribution in [3.05, 3.63) is 0 Å². The first-order chi connectivity index (χ1) is 7.97. The van der Waals surface area contributed by atoms with Gasteiger partial charge in [0.15, 0.2) is 12.0 Å². The number of guanidine groups is 1. The topological polar surface area (TPSA) is 90.7 Å². The maximum atomic E-state index is 11.3. The third-order valence-electron chi connectivity index (χ3n) is 2.43. The molecule has 0 amide bonds. The van der Waals surface area contributed by atoms with E-state index in [1.54, 1.807) is 0 Å². The van der Waals surface area contributed by atoms with Gasteiger partial charge in [0.1, 0.15) is 0 Å². The Hall–Kier alpha value is -0.910. The molecule has 0 saturated carbocycles. The molecule has 0 aromatic rings. The summed E-state index contributed by atoms with van der Waals surface area (Å²) in [6.07, 6.45) is 4.91. The Balaban J connectivity index is 3.93. The first-order valence-electron chi connectivity index (χ1n) is 5.91. The SMILES string of the molecule is CC(C)CCCCCC(N=C(N)N)C(=O)OS. The quantitative estimate of drug-likeness (QED) is 0.204. The van der Waals surface area contributed by atoms with Crippen molar-refractivity contribution in [2.24, 2.45) is 22.4 Å². The number of nitrogens with zero attached hydrogens (tertiary/aromatic N) is 1. The molecular formula is C11H23N3O2S. The van der Waals surface area contributed by atoms with Gasteiger partial charge in [-0.2, -0.15) is 0 Å². The smallest absolute Gasteiger partial charge is 0.342 e. The van der Waals surface area contributed by atoms with E-state index in [4.69, 9.17) is 11.5 Å². The number of aliphatic imine (C=N–C) groups is 1. The summed E-state index contributed by atoms with van der Waals surface area (Å²) >= 11 is 3.47. The van der Waals surface area contributed by atoms with Crippen molar-refractivity contribution in [1.82, 2.24) is 0 Å². The van der Waals surface area contributed by atoms with E-state index < -0.39 is 12.0 Å². The average molecular weight is 261 g/mol. The van der Waals surface area contributed by atoms with E-state index >= 15 is 0 Å². The lowest BCUT2D eigenvalue weighted by Gasteiger charge is -2.10. The van der Waals surface area contributed by atoms with Gasteiger partial charge in [0.2, 0.25) is 0 Å². The molecular weight excluding hydrogens is 238 g/mol. The highest BCUT2D eigenvalue weighted by atomic mass is 32.1. The van der Waals surface area contributed by atoms with Gasteiger partial charge in [-0.05, 0) is 12.3 Å². The average Bonchev–Trinajstić information content (AvgIpc) is 2.25. The van der Waals surface area contributed by atoms with E-state index in [1.807, 2.05) is 0 Å². The Labute approximate surface area is 109 Å². The molecule has 0 spiro atoms. The summed E-state index contributed by atoms with van der Waals surface area (Å²) in [5, 5.41) is 0. The predicted octanol–water partition coefficient (Wildman–Crippen LogP) is 1.62. The standard InChI is InChI=1S/C11H23N3O2S/c1-8(2)6-4-3-5-7-9(10(15)16-17)14-11(12)13/h8-9,17H,3-7H2,1-2H3,(H4,12,13,14). The normalized spacial score (nSPS) is 12.2. The number of nitrogens with two attached hydrogens (primary N) is 2. The lowest BCUT2D eigenvalue weighted by molar-refractivity contribution is -0.134. The molecule has 0 saturated heterocycles. The maximum absolute atomic E-state index is 11.3. The predicted molar refractivity (Wildman–Crippen MR) is 72.6 cm³/mol. The van der Waals surface area contributed by atoms with Crippen LogP contribution in [0.15, 0.2) is 4.99 Å². The van der Waals surface area contributed by atoms with Crippen LogP contribution in [0.4, 0.5) is 0 Å². The number of thiol groups is 1. The van der Waals surface area contributed by atoms with Crippen LogP contribution in [0.3, 0.4) is 0 Å². The molecule has 0 radical (unpaired) electrons. The van der Waals surface area contributed by atoms with E-state index in [0.717, 1.165) is 19.3 Å². The minimum atomic E-state index is -0.628. The molecule has 0 aliphatic carbocycles. The molecule has 1 atom stereocenters. The summed E-state index contributed by atoms with van der Waals surface area (Å²) in [6.45, 7) is 4.39. The van der Waals surface area contributed by atoms with Gasteiger partial charge in [0.05, 0.1) is 0 Å². The molecule has 0 aliphatic heterocycles. The van der Waals surface area contributed by atoms with Crippen LogP contribution in [0.5, 0.6) is 0 Å². The minimum absolute atomic E-state index is 0.101. The third kappa shape index (κ3) is 8.85. The molecule has 0 heterocycles. The van der Waals surface area contributed by atoms with Crippen molar-refractivity contribution in [2.75, 3.05) is 0 Å². The van der Waals surface area contributed by atoms with Gasteiger partial charge in [-0.25, -0.2) is 9.79 Å². The van der Waals surface area contributed by atoms with Gasteiger partial charge in [0, 0.05) is 12.9 Å². The van der Waals surface area contributed by atoms with Crippen LogP contribution in [0.1, 0.15) is 46.0 Å². The van der Waals surface area contributed by atoms with Crippen LogP contribution in [0, 0.1) is 5.92 Å². The van der Waals surface area contributed by atoms with Crippen LogP contribution in [0.25, 0.3) is 0 Å². The second-order valence-electron chi connectivity index (χ2n) is 4.51. The molecule has 100 valence electrons. The zero-order chi connectivity index (χ0) is 13.3. The van der Waals surface area contributed by atoms with Crippen LogP contribution in [0.2, 0.25) is 0 Å². The molecule has 6 heteroatoms. The number of hydrogen-bond donors (Lipinski definition) is 3. The van der Waals surface area contributed by atoms with Crippen molar-refractivity contribution in [3.63, 3.8) is 0 Å². The van der Waals surface area contributed by atoms with E-state index in [0.29, 0.717) is 12.3 Å². The van der Waals surface area contributed by atoms with Gasteiger partial charge < -0.3 is 15.7 Å². The largest absolute Gasteiger partial charge is 0.393 e. The summed E-state index contributed by atoms with van der Waals surface area (Å²) < 4.78 is 4.35. The molecule has 0 bridgehead atoms. The van der Waals surface area contributed by atoms with Gasteiger partial charge in [0.25, 0.3) is 0 Å². The summed E-state index contributed by atoms with van der Waals surface area (Å²) in [5.74, 6) is 0.104. The molecule has 0 rings (SSSR count). The fourth-order valence-electron chi connectivity index (χ4n) is 1.54. The molecule has 0 aromatic carbocycles. The fourth-order valence-corrected chi connectivity index (χ4v) is 1.66. The second kappa shape index (κ2) is 9.15. The Bertz CT molecular complexity index is 253. The van der Waals surface area contributed by atoms with E-state index in [2.05, 4.69) is 35.9 Å². The van der Waals surface area contributed by atoms with Crippen LogP contribution in [-0.4, -0.2) is 18.0 Å². The number of carbonyl (C=O) groups is 1. The van der Waals surface area contributed by atoms with Crippen molar-refractivity contribution >= 4 is 24.8 Å².